The van der Waals surface area contributed by atoms with Crippen molar-refractivity contribution in [3.8, 4) is 0 Å². The Morgan fingerprint density at radius 1 is 1.38 bits per heavy atom. The zero-order valence-electron chi connectivity index (χ0n) is 9.57. The van der Waals surface area contributed by atoms with Gasteiger partial charge in [0.25, 0.3) is 0 Å². The van der Waals surface area contributed by atoms with Crippen molar-refractivity contribution in [1.82, 2.24) is 4.90 Å². The molecule has 1 aromatic carbocycles. The summed E-state index contributed by atoms with van der Waals surface area (Å²) >= 11 is 3.37. The fourth-order valence-corrected chi connectivity index (χ4v) is 1.49. The van der Waals surface area contributed by atoms with Gasteiger partial charge in [-0.05, 0) is 24.1 Å². The van der Waals surface area contributed by atoms with E-state index >= 15 is 0 Å². The Hall–Kier alpha value is -1.03. The highest BCUT2D eigenvalue weighted by molar-refractivity contribution is 9.10. The minimum atomic E-state index is -0.273. The molecule has 0 fully saturated rings. The molecule has 4 heteroatoms. The standard InChI is InChI=1S/C12H16BrNO2/c1-3-8-16-12(15)14(2)9-10-4-6-11(13)7-5-10/h4-7H,3,8-9H2,1-2H3. The van der Waals surface area contributed by atoms with Crippen molar-refractivity contribution in [2.24, 2.45) is 0 Å². The fourth-order valence-electron chi connectivity index (χ4n) is 1.23. The van der Waals surface area contributed by atoms with E-state index in [1.54, 1.807) is 11.9 Å². The topological polar surface area (TPSA) is 29.5 Å². The van der Waals surface area contributed by atoms with Crippen LogP contribution in [0.15, 0.2) is 28.7 Å². The molecule has 0 aliphatic carbocycles. The highest BCUT2D eigenvalue weighted by Gasteiger charge is 2.09. The first kappa shape index (κ1) is 13.0. The number of rotatable bonds is 4. The van der Waals surface area contributed by atoms with Gasteiger partial charge in [0.1, 0.15) is 0 Å². The van der Waals surface area contributed by atoms with E-state index in [9.17, 15) is 4.79 Å². The van der Waals surface area contributed by atoms with Crippen LogP contribution >= 0.6 is 15.9 Å². The van der Waals surface area contributed by atoms with Gasteiger partial charge in [-0.3, -0.25) is 0 Å². The third-order valence-electron chi connectivity index (χ3n) is 2.07. The van der Waals surface area contributed by atoms with Crippen molar-refractivity contribution in [2.75, 3.05) is 13.7 Å². The van der Waals surface area contributed by atoms with Gasteiger partial charge in [-0.2, -0.15) is 0 Å². The molecule has 0 aliphatic rings. The minimum Gasteiger partial charge on any atom is -0.449 e. The average Bonchev–Trinajstić information content (AvgIpc) is 2.29. The Morgan fingerprint density at radius 3 is 2.56 bits per heavy atom. The summed E-state index contributed by atoms with van der Waals surface area (Å²) in [5.74, 6) is 0. The molecule has 1 amide bonds. The lowest BCUT2D eigenvalue weighted by atomic mass is 10.2. The lowest BCUT2D eigenvalue weighted by molar-refractivity contribution is 0.109. The van der Waals surface area contributed by atoms with Gasteiger partial charge in [0, 0.05) is 18.1 Å². The number of hydrogen-bond donors (Lipinski definition) is 0. The van der Waals surface area contributed by atoms with Crippen LogP contribution in [0.25, 0.3) is 0 Å². The van der Waals surface area contributed by atoms with E-state index in [0.29, 0.717) is 13.2 Å². The van der Waals surface area contributed by atoms with Crippen LogP contribution in [0.4, 0.5) is 4.79 Å². The van der Waals surface area contributed by atoms with Gasteiger partial charge < -0.3 is 9.64 Å². The summed E-state index contributed by atoms with van der Waals surface area (Å²) in [5.41, 5.74) is 1.08. The second-order valence-electron chi connectivity index (χ2n) is 3.60. The summed E-state index contributed by atoms with van der Waals surface area (Å²) in [4.78, 5) is 13.0. The first-order valence-electron chi connectivity index (χ1n) is 5.25. The number of amides is 1. The second kappa shape index (κ2) is 6.53. The maximum atomic E-state index is 11.5. The summed E-state index contributed by atoms with van der Waals surface area (Å²) in [6.07, 6.45) is 0.572. The molecule has 3 nitrogen and oxygen atoms in total. The Morgan fingerprint density at radius 2 is 2.00 bits per heavy atom. The lowest BCUT2D eigenvalue weighted by Crippen LogP contribution is -2.27. The first-order chi connectivity index (χ1) is 7.63. The monoisotopic (exact) mass is 285 g/mol. The molecular weight excluding hydrogens is 270 g/mol. The molecule has 0 saturated carbocycles. The Bertz CT molecular complexity index is 337. The molecule has 0 spiro atoms. The maximum absolute atomic E-state index is 11.5. The van der Waals surface area contributed by atoms with E-state index in [2.05, 4.69) is 15.9 Å². The zero-order chi connectivity index (χ0) is 12.0. The predicted molar refractivity (Wildman–Crippen MR) is 67.2 cm³/mol. The number of nitrogens with zero attached hydrogens (tertiary/aromatic N) is 1. The van der Waals surface area contributed by atoms with Crippen LogP contribution < -0.4 is 0 Å². The van der Waals surface area contributed by atoms with Gasteiger partial charge in [-0.15, -0.1) is 0 Å². The predicted octanol–water partition coefficient (Wildman–Crippen LogP) is 3.43. The summed E-state index contributed by atoms with van der Waals surface area (Å²) in [5, 5.41) is 0. The van der Waals surface area contributed by atoms with Crippen LogP contribution in [-0.4, -0.2) is 24.6 Å². The minimum absolute atomic E-state index is 0.273. The van der Waals surface area contributed by atoms with E-state index < -0.39 is 0 Å². The van der Waals surface area contributed by atoms with Gasteiger partial charge in [0.05, 0.1) is 6.61 Å². The molecule has 16 heavy (non-hydrogen) atoms. The quantitative estimate of drug-likeness (QED) is 0.848. The second-order valence-corrected chi connectivity index (χ2v) is 4.51. The van der Waals surface area contributed by atoms with Crippen molar-refractivity contribution in [3.63, 3.8) is 0 Å². The SMILES string of the molecule is CCCOC(=O)N(C)Cc1ccc(Br)cc1. The van der Waals surface area contributed by atoms with Crippen molar-refractivity contribution < 1.29 is 9.53 Å². The molecule has 1 rings (SSSR count). The highest BCUT2D eigenvalue weighted by Crippen LogP contribution is 2.12. The molecule has 88 valence electrons. The Kier molecular flexibility index (Phi) is 5.32. The molecule has 0 aromatic heterocycles. The van der Waals surface area contributed by atoms with Gasteiger partial charge in [-0.1, -0.05) is 35.0 Å². The van der Waals surface area contributed by atoms with Crippen molar-refractivity contribution >= 4 is 22.0 Å². The molecule has 0 bridgehead atoms. The number of benzene rings is 1. The first-order valence-corrected chi connectivity index (χ1v) is 6.05. The lowest BCUT2D eigenvalue weighted by Gasteiger charge is -2.16. The number of carbonyl (C=O) groups excluding carboxylic acids is 1. The van der Waals surface area contributed by atoms with E-state index in [-0.39, 0.29) is 6.09 Å². The number of carbonyl (C=O) groups is 1. The molecule has 0 N–H and O–H groups in total. The van der Waals surface area contributed by atoms with Gasteiger partial charge >= 0.3 is 6.09 Å². The molecule has 0 unspecified atom stereocenters. The van der Waals surface area contributed by atoms with Crippen LogP contribution in [0.1, 0.15) is 18.9 Å². The Balaban J connectivity index is 2.47. The Labute approximate surface area is 105 Å². The molecule has 0 heterocycles. The van der Waals surface area contributed by atoms with E-state index in [4.69, 9.17) is 4.74 Å². The largest absolute Gasteiger partial charge is 0.449 e. The summed E-state index contributed by atoms with van der Waals surface area (Å²) in [6, 6.07) is 7.88. The van der Waals surface area contributed by atoms with Crippen LogP contribution in [0.5, 0.6) is 0 Å². The molecule has 0 saturated heterocycles. The molecule has 0 atom stereocenters. The highest BCUT2D eigenvalue weighted by atomic mass is 79.9. The smallest absolute Gasteiger partial charge is 0.409 e. The normalized spacial score (nSPS) is 9.94. The number of ether oxygens (including phenoxy) is 1. The van der Waals surface area contributed by atoms with Crippen LogP contribution in [-0.2, 0) is 11.3 Å². The number of hydrogen-bond acceptors (Lipinski definition) is 2. The van der Waals surface area contributed by atoms with Crippen LogP contribution in [0.3, 0.4) is 0 Å². The van der Waals surface area contributed by atoms with Crippen LogP contribution in [0, 0.1) is 0 Å². The van der Waals surface area contributed by atoms with Crippen molar-refractivity contribution in [3.05, 3.63) is 34.3 Å². The maximum Gasteiger partial charge on any atom is 0.409 e. The van der Waals surface area contributed by atoms with E-state index in [0.717, 1.165) is 16.5 Å². The third-order valence-corrected chi connectivity index (χ3v) is 2.60. The van der Waals surface area contributed by atoms with Gasteiger partial charge in [0.15, 0.2) is 0 Å². The van der Waals surface area contributed by atoms with E-state index in [1.807, 2.05) is 31.2 Å². The van der Waals surface area contributed by atoms with Crippen LogP contribution in [0.2, 0.25) is 0 Å². The molecular formula is C12H16BrNO2. The van der Waals surface area contributed by atoms with E-state index in [1.165, 1.54) is 0 Å². The molecule has 0 radical (unpaired) electrons. The zero-order valence-corrected chi connectivity index (χ0v) is 11.2. The average molecular weight is 286 g/mol. The summed E-state index contributed by atoms with van der Waals surface area (Å²) in [6.45, 7) is 3.02. The summed E-state index contributed by atoms with van der Waals surface area (Å²) < 4.78 is 6.06. The molecule has 0 aliphatic heterocycles. The fraction of sp³-hybridized carbons (Fsp3) is 0.417. The third kappa shape index (κ3) is 4.23. The number of halogens is 1. The van der Waals surface area contributed by atoms with Gasteiger partial charge in [0.2, 0.25) is 0 Å². The van der Waals surface area contributed by atoms with Crippen molar-refractivity contribution in [1.29, 1.82) is 0 Å². The van der Waals surface area contributed by atoms with Crippen molar-refractivity contribution in [2.45, 2.75) is 19.9 Å². The molecule has 1 aromatic rings. The summed E-state index contributed by atoms with van der Waals surface area (Å²) in [7, 11) is 1.74. The van der Waals surface area contributed by atoms with Gasteiger partial charge in [-0.25, -0.2) is 4.79 Å².